The molecule has 1 aliphatic rings. The summed E-state index contributed by atoms with van der Waals surface area (Å²) in [7, 11) is 1.31. The topological polar surface area (TPSA) is 93.7 Å². The van der Waals surface area contributed by atoms with Gasteiger partial charge in [-0.3, -0.25) is 9.59 Å². The zero-order chi connectivity index (χ0) is 25.6. The van der Waals surface area contributed by atoms with E-state index in [9.17, 15) is 14.4 Å². The Morgan fingerprint density at radius 2 is 1.57 bits per heavy atom. The third-order valence-corrected chi connectivity index (χ3v) is 6.34. The number of aryl methyl sites for hydroxylation is 2. The first kappa shape index (κ1) is 26.3. The van der Waals surface area contributed by atoms with Gasteiger partial charge in [0.2, 0.25) is 5.91 Å². The van der Waals surface area contributed by atoms with Crippen molar-refractivity contribution in [1.29, 1.82) is 0 Å². The molecule has 2 aromatic rings. The van der Waals surface area contributed by atoms with Crippen LogP contribution in [-0.2, 0) is 25.5 Å². The van der Waals surface area contributed by atoms with Crippen molar-refractivity contribution in [3.05, 3.63) is 59.2 Å². The van der Waals surface area contributed by atoms with Crippen molar-refractivity contribution >= 4 is 23.5 Å². The minimum Gasteiger partial charge on any atom is -0.477 e. The second-order valence-electron chi connectivity index (χ2n) is 9.77. The second-order valence-corrected chi connectivity index (χ2v) is 9.77. The van der Waals surface area contributed by atoms with Crippen LogP contribution in [0.2, 0.25) is 0 Å². The van der Waals surface area contributed by atoms with Gasteiger partial charge in [0.1, 0.15) is 11.8 Å². The molecule has 0 saturated heterocycles. The van der Waals surface area contributed by atoms with E-state index in [1.165, 1.54) is 7.11 Å². The molecule has 3 rings (SSSR count). The number of carbonyl (C=O) groups is 3. The largest absolute Gasteiger partial charge is 0.477 e. The quantitative estimate of drug-likeness (QED) is 0.516. The minimum absolute atomic E-state index is 0.0992. The van der Waals surface area contributed by atoms with Gasteiger partial charge in [0.05, 0.1) is 13.5 Å². The zero-order valence-electron chi connectivity index (χ0n) is 21.3. The van der Waals surface area contributed by atoms with Crippen molar-refractivity contribution < 1.29 is 23.9 Å². The maximum atomic E-state index is 13.2. The molecule has 0 radical (unpaired) electrons. The molecule has 188 valence electrons. The Labute approximate surface area is 207 Å². The molecule has 0 aromatic heterocycles. The highest BCUT2D eigenvalue weighted by molar-refractivity contribution is 5.92. The van der Waals surface area contributed by atoms with E-state index in [4.69, 9.17) is 9.47 Å². The van der Waals surface area contributed by atoms with E-state index in [1.807, 2.05) is 52.0 Å². The highest BCUT2D eigenvalue weighted by Crippen LogP contribution is 2.35. The number of nitrogens with one attached hydrogen (secondary N) is 2. The molecule has 2 aromatic carbocycles. The summed E-state index contributed by atoms with van der Waals surface area (Å²) in [5.41, 5.74) is 2.79. The number of hydrogen-bond donors (Lipinski definition) is 2. The van der Waals surface area contributed by atoms with Crippen LogP contribution in [0.1, 0.15) is 56.2 Å². The number of methoxy groups -OCH3 is 1. The Kier molecular flexibility index (Phi) is 8.54. The Morgan fingerprint density at radius 3 is 2.11 bits per heavy atom. The lowest BCUT2D eigenvalue weighted by Crippen LogP contribution is -2.55. The smallest absolute Gasteiger partial charge is 0.328 e. The number of ether oxygens (including phenoxy) is 2. The molecule has 0 unspecified atom stereocenters. The lowest BCUT2D eigenvalue weighted by Gasteiger charge is -2.31. The molecule has 0 spiro atoms. The van der Waals surface area contributed by atoms with Crippen molar-refractivity contribution in [2.45, 2.75) is 71.4 Å². The van der Waals surface area contributed by atoms with Crippen LogP contribution in [0.4, 0.5) is 5.69 Å². The highest BCUT2D eigenvalue weighted by Gasteiger charge is 2.45. The van der Waals surface area contributed by atoms with E-state index in [1.54, 1.807) is 12.1 Å². The summed E-state index contributed by atoms with van der Waals surface area (Å²) in [4.78, 5) is 37.9. The summed E-state index contributed by atoms with van der Waals surface area (Å²) in [6.45, 7) is 7.71. The van der Waals surface area contributed by atoms with Crippen molar-refractivity contribution in [2.24, 2.45) is 5.92 Å². The molecular weight excluding hydrogens is 444 g/mol. The Morgan fingerprint density at radius 1 is 0.971 bits per heavy atom. The van der Waals surface area contributed by atoms with Gasteiger partial charge in [0.15, 0.2) is 5.60 Å². The lowest BCUT2D eigenvalue weighted by atomic mass is 9.97. The van der Waals surface area contributed by atoms with E-state index < -0.39 is 17.6 Å². The second kappa shape index (κ2) is 11.4. The molecule has 7 heteroatoms. The lowest BCUT2D eigenvalue weighted by molar-refractivity contribution is -0.149. The summed E-state index contributed by atoms with van der Waals surface area (Å²) in [6, 6.07) is 12.5. The van der Waals surface area contributed by atoms with E-state index >= 15 is 0 Å². The highest BCUT2D eigenvalue weighted by atomic mass is 16.5. The molecule has 0 aliphatic heterocycles. The van der Waals surface area contributed by atoms with E-state index in [2.05, 4.69) is 16.7 Å². The van der Waals surface area contributed by atoms with Gasteiger partial charge in [0, 0.05) is 5.69 Å². The van der Waals surface area contributed by atoms with Gasteiger partial charge >= 0.3 is 5.97 Å². The molecule has 0 bridgehead atoms. The molecule has 35 heavy (non-hydrogen) atoms. The fourth-order valence-corrected chi connectivity index (χ4v) is 4.56. The van der Waals surface area contributed by atoms with E-state index in [0.29, 0.717) is 18.6 Å². The van der Waals surface area contributed by atoms with Crippen LogP contribution in [0.25, 0.3) is 0 Å². The molecule has 1 saturated carbocycles. The van der Waals surface area contributed by atoms with Gasteiger partial charge < -0.3 is 20.1 Å². The fourth-order valence-electron chi connectivity index (χ4n) is 4.56. The standard InChI is InChI=1S/C28H36N2O5/c1-18(2)25(26(32)34-5)30-27(33)28(12-6-7-13-28)35-23-10-8-21(9-11-23)17-24(31)29-22-15-19(3)14-20(4)16-22/h8-11,14-16,18,25H,6-7,12-13,17H2,1-5H3,(H,29,31)(H,30,33)/t25-/m1/s1. The van der Waals surface area contributed by atoms with Gasteiger partial charge in [0.25, 0.3) is 5.91 Å². The van der Waals surface area contributed by atoms with Gasteiger partial charge in [-0.1, -0.05) is 32.0 Å². The average Bonchev–Trinajstić information content (AvgIpc) is 3.27. The van der Waals surface area contributed by atoms with Crippen LogP contribution in [0, 0.1) is 19.8 Å². The summed E-state index contributed by atoms with van der Waals surface area (Å²) in [6.07, 6.45) is 3.12. The SMILES string of the molecule is COC(=O)[C@H](NC(=O)C1(Oc2ccc(CC(=O)Nc3cc(C)cc(C)c3)cc2)CCCC1)C(C)C. The number of hydrogen-bond acceptors (Lipinski definition) is 5. The summed E-state index contributed by atoms with van der Waals surface area (Å²) in [5, 5.41) is 5.79. The zero-order valence-corrected chi connectivity index (χ0v) is 21.3. The van der Waals surface area contributed by atoms with E-state index in [-0.39, 0.29) is 24.2 Å². The molecule has 2 amide bonds. The normalized spacial score (nSPS) is 15.4. The maximum Gasteiger partial charge on any atom is 0.328 e. The molecule has 1 fully saturated rings. The first-order valence-corrected chi connectivity index (χ1v) is 12.2. The Balaban J connectivity index is 1.65. The van der Waals surface area contributed by atoms with Crippen LogP contribution in [0.15, 0.2) is 42.5 Å². The predicted molar refractivity (Wildman–Crippen MR) is 135 cm³/mol. The number of rotatable bonds is 9. The Bertz CT molecular complexity index is 1040. The predicted octanol–water partition coefficient (Wildman–Crippen LogP) is 4.49. The van der Waals surface area contributed by atoms with Crippen molar-refractivity contribution in [3.63, 3.8) is 0 Å². The third kappa shape index (κ3) is 6.84. The fraction of sp³-hybridized carbons (Fsp3) is 0.464. The third-order valence-electron chi connectivity index (χ3n) is 6.34. The van der Waals surface area contributed by atoms with Crippen molar-refractivity contribution in [1.82, 2.24) is 5.32 Å². The summed E-state index contributed by atoms with van der Waals surface area (Å²) in [5.74, 6) is -0.419. The van der Waals surface area contributed by atoms with Gasteiger partial charge in [-0.25, -0.2) is 4.79 Å². The maximum absolute atomic E-state index is 13.2. The average molecular weight is 481 g/mol. The minimum atomic E-state index is -1.02. The van der Waals surface area contributed by atoms with Crippen LogP contribution in [0.3, 0.4) is 0 Å². The van der Waals surface area contributed by atoms with Crippen LogP contribution in [0.5, 0.6) is 5.75 Å². The van der Waals surface area contributed by atoms with Crippen LogP contribution >= 0.6 is 0 Å². The van der Waals surface area contributed by atoms with Crippen molar-refractivity contribution in [2.75, 3.05) is 12.4 Å². The molecule has 1 atom stereocenters. The molecule has 0 heterocycles. The van der Waals surface area contributed by atoms with Gasteiger partial charge in [-0.05, 0) is 86.4 Å². The van der Waals surface area contributed by atoms with Gasteiger partial charge in [-0.2, -0.15) is 0 Å². The first-order chi connectivity index (χ1) is 16.6. The number of amides is 2. The van der Waals surface area contributed by atoms with E-state index in [0.717, 1.165) is 35.2 Å². The number of carbonyl (C=O) groups excluding carboxylic acids is 3. The molecule has 2 N–H and O–H groups in total. The number of esters is 1. The Hall–Kier alpha value is -3.35. The van der Waals surface area contributed by atoms with Crippen LogP contribution < -0.4 is 15.4 Å². The van der Waals surface area contributed by atoms with Gasteiger partial charge in [-0.15, -0.1) is 0 Å². The molecule has 1 aliphatic carbocycles. The number of anilines is 1. The number of benzene rings is 2. The molecule has 7 nitrogen and oxygen atoms in total. The summed E-state index contributed by atoms with van der Waals surface area (Å²) < 4.78 is 11.1. The monoisotopic (exact) mass is 480 g/mol. The van der Waals surface area contributed by atoms with Crippen LogP contribution in [-0.4, -0.2) is 36.5 Å². The molecular formula is C28H36N2O5. The first-order valence-electron chi connectivity index (χ1n) is 12.2. The van der Waals surface area contributed by atoms with Crippen molar-refractivity contribution in [3.8, 4) is 5.75 Å². The summed E-state index contributed by atoms with van der Waals surface area (Å²) >= 11 is 0.